The van der Waals surface area contributed by atoms with Gasteiger partial charge in [0.05, 0.1) is 29.3 Å². The number of amides is 2. The van der Waals surface area contributed by atoms with Gasteiger partial charge in [-0.3, -0.25) is 4.79 Å². The first-order chi connectivity index (χ1) is 18.2. The van der Waals surface area contributed by atoms with E-state index in [1.807, 2.05) is 6.08 Å². The van der Waals surface area contributed by atoms with E-state index in [0.29, 0.717) is 6.42 Å². The predicted molar refractivity (Wildman–Crippen MR) is 140 cm³/mol. The zero-order valence-corrected chi connectivity index (χ0v) is 22.0. The van der Waals surface area contributed by atoms with Crippen LogP contribution >= 0.6 is 0 Å². The summed E-state index contributed by atoms with van der Waals surface area (Å²) in [5, 5.41) is 10.5. The monoisotopic (exact) mass is 543 g/mol. The summed E-state index contributed by atoms with van der Waals surface area (Å²) in [5.74, 6) is -0.561. The SMILES string of the molecule is C=CCOC(=O)N1c2cc(O)c(OC)cc2C(=O)N2CC=C(c3ccc(S(=O)(=O)NC)cc3)C[C@H]2C1OC. The van der Waals surface area contributed by atoms with Crippen LogP contribution in [0.3, 0.4) is 0 Å². The Morgan fingerprint density at radius 3 is 2.55 bits per heavy atom. The standard InChI is InChI=1S/C26H29N3O8S/c1-5-12-37-26(32)29-20-15-22(30)23(35-3)14-19(20)24(31)28-11-10-17(13-21(28)25(29)36-4)16-6-8-18(9-7-16)38(33,34)27-2/h5-10,14-15,21,25,27,30H,1,11-13H2,2-4H3/t21-,25?/m0/s1. The summed E-state index contributed by atoms with van der Waals surface area (Å²) in [4.78, 5) is 29.9. The third-order valence-electron chi connectivity index (χ3n) is 6.56. The maximum atomic E-state index is 13.8. The second kappa shape index (κ2) is 10.9. The number of carbonyl (C=O) groups excluding carboxylic acids is 2. The molecule has 11 nitrogen and oxygen atoms in total. The van der Waals surface area contributed by atoms with Crippen molar-refractivity contribution in [3.8, 4) is 11.5 Å². The van der Waals surface area contributed by atoms with Gasteiger partial charge in [0.1, 0.15) is 6.61 Å². The highest BCUT2D eigenvalue weighted by atomic mass is 32.2. The third-order valence-corrected chi connectivity index (χ3v) is 7.99. The minimum absolute atomic E-state index is 0.0708. The Hall–Kier alpha value is -3.87. The highest BCUT2D eigenvalue weighted by Gasteiger charge is 2.45. The summed E-state index contributed by atoms with van der Waals surface area (Å²) >= 11 is 0. The van der Waals surface area contributed by atoms with Crippen molar-refractivity contribution in [1.82, 2.24) is 9.62 Å². The lowest BCUT2D eigenvalue weighted by Crippen LogP contribution is -2.55. The topological polar surface area (TPSA) is 135 Å². The smallest absolute Gasteiger partial charge is 0.416 e. The Morgan fingerprint density at radius 1 is 1.24 bits per heavy atom. The number of nitrogens with one attached hydrogen (secondary N) is 1. The van der Waals surface area contributed by atoms with Crippen LogP contribution in [-0.4, -0.2) is 77.1 Å². The maximum Gasteiger partial charge on any atom is 0.416 e. The molecule has 2 aliphatic heterocycles. The van der Waals surface area contributed by atoms with Crippen molar-refractivity contribution < 1.29 is 37.3 Å². The molecule has 0 aliphatic carbocycles. The Morgan fingerprint density at radius 2 is 1.95 bits per heavy atom. The van der Waals surface area contributed by atoms with Crippen molar-refractivity contribution in [3.05, 3.63) is 66.3 Å². The number of methoxy groups -OCH3 is 2. The van der Waals surface area contributed by atoms with E-state index in [4.69, 9.17) is 14.2 Å². The number of benzene rings is 2. The quantitative estimate of drug-likeness (QED) is 0.509. The molecular weight excluding hydrogens is 514 g/mol. The van der Waals surface area contributed by atoms with Crippen molar-refractivity contribution in [2.45, 2.75) is 23.6 Å². The molecule has 2 aliphatic rings. The molecule has 0 bridgehead atoms. The molecule has 2 aromatic rings. The number of nitrogens with zero attached hydrogens (tertiary/aromatic N) is 2. The van der Waals surface area contributed by atoms with E-state index in [0.717, 1.165) is 11.1 Å². The van der Waals surface area contributed by atoms with Gasteiger partial charge in [0.15, 0.2) is 17.7 Å². The molecule has 0 aromatic heterocycles. The molecule has 2 amide bonds. The normalized spacial score (nSPS) is 19.1. The largest absolute Gasteiger partial charge is 0.504 e. The molecule has 0 radical (unpaired) electrons. The lowest BCUT2D eigenvalue weighted by atomic mass is 9.93. The number of phenolic OH excluding ortho intramolecular Hbond substituents is 1. The minimum atomic E-state index is -3.59. The second-order valence-electron chi connectivity index (χ2n) is 8.59. The fourth-order valence-corrected chi connectivity index (χ4v) is 5.40. The van der Waals surface area contributed by atoms with Crippen molar-refractivity contribution in [2.75, 3.05) is 39.3 Å². The van der Waals surface area contributed by atoms with Gasteiger partial charge in [0, 0.05) is 19.7 Å². The molecule has 0 saturated heterocycles. The molecule has 4 rings (SSSR count). The van der Waals surface area contributed by atoms with Crippen LogP contribution in [0, 0.1) is 0 Å². The van der Waals surface area contributed by atoms with E-state index < -0.39 is 28.4 Å². The van der Waals surface area contributed by atoms with Gasteiger partial charge in [-0.15, -0.1) is 0 Å². The van der Waals surface area contributed by atoms with Crippen molar-refractivity contribution in [3.63, 3.8) is 0 Å². The van der Waals surface area contributed by atoms with Crippen LogP contribution < -0.4 is 14.4 Å². The number of aromatic hydroxyl groups is 1. The average molecular weight is 544 g/mol. The van der Waals surface area contributed by atoms with E-state index in [-0.39, 0.29) is 46.7 Å². The van der Waals surface area contributed by atoms with E-state index >= 15 is 0 Å². The molecule has 38 heavy (non-hydrogen) atoms. The number of carbonyl (C=O) groups is 2. The van der Waals surface area contributed by atoms with Crippen molar-refractivity contribution in [1.29, 1.82) is 0 Å². The van der Waals surface area contributed by atoms with Gasteiger partial charge in [-0.2, -0.15) is 0 Å². The van der Waals surface area contributed by atoms with Crippen molar-refractivity contribution >= 4 is 33.3 Å². The van der Waals surface area contributed by atoms with E-state index in [1.54, 1.807) is 17.0 Å². The average Bonchev–Trinajstić information content (AvgIpc) is 3.03. The van der Waals surface area contributed by atoms with Gasteiger partial charge in [0.25, 0.3) is 5.91 Å². The number of sulfonamides is 1. The summed E-state index contributed by atoms with van der Waals surface area (Å²) in [7, 11) is 0.535. The molecule has 12 heteroatoms. The van der Waals surface area contributed by atoms with Gasteiger partial charge >= 0.3 is 6.09 Å². The van der Waals surface area contributed by atoms with Crippen molar-refractivity contribution in [2.24, 2.45) is 0 Å². The van der Waals surface area contributed by atoms with Gasteiger partial charge in [0.2, 0.25) is 10.0 Å². The number of fused-ring (bicyclic) bond motifs is 2. The lowest BCUT2D eigenvalue weighted by Gasteiger charge is -2.40. The van der Waals surface area contributed by atoms with Gasteiger partial charge in [-0.25, -0.2) is 22.8 Å². The lowest BCUT2D eigenvalue weighted by molar-refractivity contribution is 0.0175. The molecule has 2 aromatic carbocycles. The Bertz CT molecular complexity index is 1390. The Balaban J connectivity index is 1.79. The molecule has 2 N–H and O–H groups in total. The molecule has 2 heterocycles. The molecule has 1 unspecified atom stereocenters. The van der Waals surface area contributed by atoms with Gasteiger partial charge in [-0.05, 0) is 42.8 Å². The number of rotatable bonds is 7. The van der Waals surface area contributed by atoms with Crippen LogP contribution in [0.15, 0.2) is 60.0 Å². The fraction of sp³-hybridized carbons (Fsp3) is 0.308. The first-order valence-electron chi connectivity index (χ1n) is 11.7. The second-order valence-corrected chi connectivity index (χ2v) is 10.5. The zero-order chi connectivity index (χ0) is 27.6. The summed E-state index contributed by atoms with van der Waals surface area (Å²) in [5.41, 5.74) is 1.87. The molecule has 0 fully saturated rings. The molecule has 0 saturated carbocycles. The Labute approximate surface area is 220 Å². The van der Waals surface area contributed by atoms with E-state index in [9.17, 15) is 23.1 Å². The van der Waals surface area contributed by atoms with Crippen LogP contribution in [0.4, 0.5) is 10.5 Å². The van der Waals surface area contributed by atoms with E-state index in [2.05, 4.69) is 11.3 Å². The first kappa shape index (κ1) is 27.2. The predicted octanol–water partition coefficient (Wildman–Crippen LogP) is 2.72. The van der Waals surface area contributed by atoms with Crippen LogP contribution in [0.1, 0.15) is 22.3 Å². The highest BCUT2D eigenvalue weighted by molar-refractivity contribution is 7.89. The van der Waals surface area contributed by atoms with Crippen LogP contribution in [-0.2, 0) is 19.5 Å². The molecule has 0 spiro atoms. The van der Waals surface area contributed by atoms with Gasteiger partial charge in [-0.1, -0.05) is 30.9 Å². The summed E-state index contributed by atoms with van der Waals surface area (Å²) in [6, 6.07) is 8.43. The Kier molecular flexibility index (Phi) is 7.76. The number of anilines is 1. The summed E-state index contributed by atoms with van der Waals surface area (Å²) in [6.45, 7) is 3.70. The number of ether oxygens (including phenoxy) is 3. The fourth-order valence-electron chi connectivity index (χ4n) is 4.67. The number of hydrogen-bond acceptors (Lipinski definition) is 8. The van der Waals surface area contributed by atoms with Crippen LogP contribution in [0.25, 0.3) is 5.57 Å². The zero-order valence-electron chi connectivity index (χ0n) is 21.2. The molecular formula is C26H29N3O8S. The third kappa shape index (κ3) is 4.85. The van der Waals surface area contributed by atoms with Gasteiger partial charge < -0.3 is 24.2 Å². The van der Waals surface area contributed by atoms with Crippen LogP contribution in [0.5, 0.6) is 11.5 Å². The minimum Gasteiger partial charge on any atom is -0.504 e. The number of hydrogen-bond donors (Lipinski definition) is 2. The highest BCUT2D eigenvalue weighted by Crippen LogP contribution is 2.42. The molecule has 202 valence electrons. The first-order valence-corrected chi connectivity index (χ1v) is 13.2. The summed E-state index contributed by atoms with van der Waals surface area (Å²) < 4.78 is 42.8. The summed E-state index contributed by atoms with van der Waals surface area (Å²) in [6.07, 6.45) is 1.84. The maximum absolute atomic E-state index is 13.8. The van der Waals surface area contributed by atoms with E-state index in [1.165, 1.54) is 56.5 Å². The number of phenols is 1. The molecule has 2 atom stereocenters. The van der Waals surface area contributed by atoms with Crippen LogP contribution in [0.2, 0.25) is 0 Å².